The van der Waals surface area contributed by atoms with Crippen LogP contribution >= 0.6 is 23.4 Å². The highest BCUT2D eigenvalue weighted by molar-refractivity contribution is 8.03. The van der Waals surface area contributed by atoms with Crippen LogP contribution in [-0.2, 0) is 0 Å². The third-order valence-corrected chi connectivity index (χ3v) is 2.04. The lowest BCUT2D eigenvalue weighted by atomic mass is 10.4. The zero-order valence-electron chi connectivity index (χ0n) is 6.15. The predicted octanol–water partition coefficient (Wildman–Crippen LogP) is 1.16. The van der Waals surface area contributed by atoms with Gasteiger partial charge in [0.25, 0.3) is 0 Å². The quantitative estimate of drug-likeness (QED) is 0.553. The molecule has 1 rings (SSSR count). The lowest BCUT2D eigenvalue weighted by molar-refractivity contribution is 1.05. The standard InChI is InChI=1S/C6H2ClN5S/c7-4-6(13-2-9)12-5(10)3(1-8)11-4/h(H2,10,12). The summed E-state index contributed by atoms with van der Waals surface area (Å²) >= 11 is 6.35. The van der Waals surface area contributed by atoms with E-state index in [1.807, 2.05) is 0 Å². The van der Waals surface area contributed by atoms with Crippen molar-refractivity contribution in [3.8, 4) is 11.5 Å². The molecule has 0 aliphatic heterocycles. The van der Waals surface area contributed by atoms with E-state index in [1.54, 1.807) is 11.5 Å². The smallest absolute Gasteiger partial charge is 0.184 e. The Balaban J connectivity index is 3.24. The van der Waals surface area contributed by atoms with Crippen LogP contribution in [0.3, 0.4) is 0 Å². The van der Waals surface area contributed by atoms with E-state index in [0.29, 0.717) is 0 Å². The van der Waals surface area contributed by atoms with Crippen LogP contribution in [0.4, 0.5) is 5.82 Å². The number of nitrogens with two attached hydrogens (primary N) is 1. The van der Waals surface area contributed by atoms with Gasteiger partial charge in [-0.2, -0.15) is 10.5 Å². The van der Waals surface area contributed by atoms with Crippen LogP contribution in [0.15, 0.2) is 5.03 Å². The van der Waals surface area contributed by atoms with Gasteiger partial charge in [0.05, 0.1) is 0 Å². The summed E-state index contributed by atoms with van der Waals surface area (Å²) < 4.78 is 0. The van der Waals surface area contributed by atoms with Crippen molar-refractivity contribution in [1.82, 2.24) is 9.97 Å². The fourth-order valence-corrected chi connectivity index (χ4v) is 1.20. The molecule has 0 aliphatic carbocycles. The molecule has 0 amide bonds. The van der Waals surface area contributed by atoms with E-state index >= 15 is 0 Å². The van der Waals surface area contributed by atoms with Crippen LogP contribution in [0, 0.1) is 22.0 Å². The van der Waals surface area contributed by atoms with Crippen LogP contribution < -0.4 is 5.73 Å². The number of aromatic nitrogens is 2. The van der Waals surface area contributed by atoms with Crippen molar-refractivity contribution in [2.45, 2.75) is 5.03 Å². The van der Waals surface area contributed by atoms with Gasteiger partial charge in [-0.25, -0.2) is 9.97 Å². The van der Waals surface area contributed by atoms with Crippen LogP contribution in [0.1, 0.15) is 5.69 Å². The summed E-state index contributed by atoms with van der Waals surface area (Å²) in [5.41, 5.74) is 5.32. The molecule has 1 aromatic heterocycles. The molecule has 0 spiro atoms. The highest BCUT2D eigenvalue weighted by Crippen LogP contribution is 2.24. The number of halogens is 1. The molecule has 0 fully saturated rings. The summed E-state index contributed by atoms with van der Waals surface area (Å²) in [7, 11) is 0. The molecule has 1 heterocycles. The first-order valence-corrected chi connectivity index (χ1v) is 4.17. The van der Waals surface area contributed by atoms with E-state index in [1.165, 1.54) is 0 Å². The van der Waals surface area contributed by atoms with Crippen molar-refractivity contribution in [2.24, 2.45) is 0 Å². The Morgan fingerprint density at radius 2 is 2.08 bits per heavy atom. The van der Waals surface area contributed by atoms with Crippen LogP contribution in [0.25, 0.3) is 0 Å². The van der Waals surface area contributed by atoms with Crippen molar-refractivity contribution in [1.29, 1.82) is 10.5 Å². The molecule has 2 N–H and O–H groups in total. The molecule has 0 saturated heterocycles. The third kappa shape index (κ3) is 2.00. The molecule has 0 saturated carbocycles. The van der Waals surface area contributed by atoms with E-state index in [0.717, 1.165) is 11.8 Å². The molecular weight excluding hydrogens is 210 g/mol. The third-order valence-electron chi connectivity index (χ3n) is 1.10. The van der Waals surface area contributed by atoms with Gasteiger partial charge in [0.15, 0.2) is 21.7 Å². The van der Waals surface area contributed by atoms with Crippen LogP contribution in [0.2, 0.25) is 5.15 Å². The van der Waals surface area contributed by atoms with E-state index in [4.69, 9.17) is 27.9 Å². The average Bonchev–Trinajstić information content (AvgIpc) is 2.11. The molecular formula is C6H2ClN5S. The molecule has 0 radical (unpaired) electrons. The molecule has 64 valence electrons. The highest BCUT2D eigenvalue weighted by Gasteiger charge is 2.09. The first kappa shape index (κ1) is 9.59. The number of thioether (sulfide) groups is 1. The fraction of sp³-hybridized carbons (Fsp3) is 0. The second kappa shape index (κ2) is 3.94. The summed E-state index contributed by atoms with van der Waals surface area (Å²) in [5.74, 6) is -0.0235. The number of hydrogen-bond donors (Lipinski definition) is 1. The summed E-state index contributed by atoms with van der Waals surface area (Å²) in [6.07, 6.45) is 0. The van der Waals surface area contributed by atoms with Crippen LogP contribution in [-0.4, -0.2) is 9.97 Å². The number of nitriles is 2. The fourth-order valence-electron chi connectivity index (χ4n) is 0.602. The highest BCUT2D eigenvalue weighted by atomic mass is 35.5. The molecule has 5 nitrogen and oxygen atoms in total. The molecule has 7 heteroatoms. The second-order valence-corrected chi connectivity index (χ2v) is 2.99. The zero-order chi connectivity index (χ0) is 9.84. The van der Waals surface area contributed by atoms with Gasteiger partial charge in [0.2, 0.25) is 0 Å². The number of nitrogen functional groups attached to an aromatic ring is 1. The number of hydrogen-bond acceptors (Lipinski definition) is 6. The lowest BCUT2D eigenvalue weighted by Crippen LogP contribution is -1.99. The maximum absolute atomic E-state index is 8.50. The van der Waals surface area contributed by atoms with Crippen molar-refractivity contribution in [3.05, 3.63) is 10.8 Å². The number of thiocyanates is 1. The van der Waals surface area contributed by atoms with Gasteiger partial charge in [-0.15, -0.1) is 0 Å². The first-order chi connectivity index (χ1) is 6.19. The van der Waals surface area contributed by atoms with Crippen molar-refractivity contribution in [2.75, 3.05) is 5.73 Å². The molecule has 0 aliphatic rings. The predicted molar refractivity (Wildman–Crippen MR) is 47.6 cm³/mol. The van der Waals surface area contributed by atoms with E-state index < -0.39 is 0 Å². The molecule has 1 aromatic rings. The van der Waals surface area contributed by atoms with Gasteiger partial charge in [-0.1, -0.05) is 11.6 Å². The summed E-state index contributed by atoms with van der Waals surface area (Å²) in [6.45, 7) is 0. The summed E-state index contributed by atoms with van der Waals surface area (Å²) in [5, 5.41) is 18.8. The van der Waals surface area contributed by atoms with Gasteiger partial charge in [0.1, 0.15) is 11.5 Å². The molecule has 0 bridgehead atoms. The Morgan fingerprint density at radius 1 is 1.38 bits per heavy atom. The largest absolute Gasteiger partial charge is 0.381 e. The van der Waals surface area contributed by atoms with Gasteiger partial charge < -0.3 is 5.73 Å². The van der Waals surface area contributed by atoms with E-state index in [9.17, 15) is 0 Å². The Morgan fingerprint density at radius 3 is 2.62 bits per heavy atom. The number of anilines is 1. The van der Waals surface area contributed by atoms with Gasteiger partial charge in [-0.3, -0.25) is 0 Å². The van der Waals surface area contributed by atoms with Crippen molar-refractivity contribution < 1.29 is 0 Å². The maximum Gasteiger partial charge on any atom is 0.184 e. The number of rotatable bonds is 1. The van der Waals surface area contributed by atoms with Crippen molar-refractivity contribution >= 4 is 29.2 Å². The SMILES string of the molecule is N#CSc1nc(N)c(C#N)nc1Cl. The van der Waals surface area contributed by atoms with Gasteiger partial charge in [-0.05, 0) is 0 Å². The summed E-state index contributed by atoms with van der Waals surface area (Å²) in [4.78, 5) is 7.39. The summed E-state index contributed by atoms with van der Waals surface area (Å²) in [6, 6.07) is 1.73. The molecule has 0 atom stereocenters. The Bertz CT molecular complexity index is 418. The Labute approximate surface area is 83.2 Å². The average molecular weight is 212 g/mol. The minimum atomic E-state index is -0.0349. The monoisotopic (exact) mass is 211 g/mol. The van der Waals surface area contributed by atoms with Crippen LogP contribution in [0.5, 0.6) is 0 Å². The molecule has 0 aromatic carbocycles. The minimum Gasteiger partial charge on any atom is -0.381 e. The Hall–Kier alpha value is -1.50. The van der Waals surface area contributed by atoms with E-state index in [-0.39, 0.29) is 21.7 Å². The molecule has 13 heavy (non-hydrogen) atoms. The number of nitrogens with zero attached hydrogens (tertiary/aromatic N) is 4. The first-order valence-electron chi connectivity index (χ1n) is 2.98. The lowest BCUT2D eigenvalue weighted by Gasteiger charge is -1.99. The second-order valence-electron chi connectivity index (χ2n) is 1.86. The van der Waals surface area contributed by atoms with Gasteiger partial charge in [0, 0.05) is 11.8 Å². The Kier molecular flexibility index (Phi) is 2.91. The van der Waals surface area contributed by atoms with Gasteiger partial charge >= 0.3 is 0 Å². The minimum absolute atomic E-state index is 0.0114. The normalized spacial score (nSPS) is 8.85. The zero-order valence-corrected chi connectivity index (χ0v) is 7.72. The topological polar surface area (TPSA) is 99.4 Å². The van der Waals surface area contributed by atoms with E-state index in [2.05, 4.69) is 9.97 Å². The van der Waals surface area contributed by atoms with Crippen molar-refractivity contribution in [3.63, 3.8) is 0 Å². The maximum atomic E-state index is 8.50. The molecule has 0 unspecified atom stereocenters.